The Morgan fingerprint density at radius 1 is 1.20 bits per heavy atom. The fourth-order valence-corrected chi connectivity index (χ4v) is 2.20. The molecule has 2 N–H and O–H groups in total. The minimum absolute atomic E-state index is 0.119. The number of carbonyl (C=O) groups excluding carboxylic acids is 2. The number of aromatic nitrogens is 1. The van der Waals surface area contributed by atoms with Crippen molar-refractivity contribution in [3.63, 3.8) is 0 Å². The number of ether oxygens (including phenoxy) is 1. The highest BCUT2D eigenvalue weighted by Crippen LogP contribution is 2.12. The number of hydrogen-bond donors (Lipinski definition) is 2. The van der Waals surface area contributed by atoms with Crippen LogP contribution in [-0.4, -0.2) is 36.5 Å². The molecular formula is C18H20ClN3O3. The first-order chi connectivity index (χ1) is 12.0. The normalized spacial score (nSPS) is 10.2. The molecule has 0 unspecified atom stereocenters. The molecule has 0 spiro atoms. The van der Waals surface area contributed by atoms with Gasteiger partial charge in [0.05, 0.1) is 13.2 Å². The van der Waals surface area contributed by atoms with Crippen LogP contribution < -0.4 is 15.4 Å². The van der Waals surface area contributed by atoms with E-state index < -0.39 is 5.91 Å². The molecule has 0 saturated heterocycles. The van der Waals surface area contributed by atoms with E-state index in [1.54, 1.807) is 6.07 Å². The Morgan fingerprint density at radius 3 is 2.80 bits per heavy atom. The Balaban J connectivity index is 1.60. The summed E-state index contributed by atoms with van der Waals surface area (Å²) in [6.07, 6.45) is 2.11. The number of benzene rings is 1. The average molecular weight is 362 g/mol. The monoisotopic (exact) mass is 361 g/mol. The van der Waals surface area contributed by atoms with Crippen molar-refractivity contribution in [1.29, 1.82) is 0 Å². The maximum absolute atomic E-state index is 11.8. The fraction of sp³-hybridized carbons (Fsp3) is 0.278. The lowest BCUT2D eigenvalue weighted by atomic mass is 10.2. The number of rotatable bonds is 8. The van der Waals surface area contributed by atoms with Crippen LogP contribution in [0.5, 0.6) is 5.75 Å². The number of pyridine rings is 1. The van der Waals surface area contributed by atoms with Gasteiger partial charge in [-0.2, -0.15) is 0 Å². The summed E-state index contributed by atoms with van der Waals surface area (Å²) in [6.45, 7) is 2.85. The molecule has 0 atom stereocenters. The van der Waals surface area contributed by atoms with Crippen LogP contribution in [0.3, 0.4) is 0 Å². The largest absolute Gasteiger partial charge is 0.494 e. The number of nitrogens with one attached hydrogen (secondary N) is 2. The molecule has 0 radical (unpaired) electrons. The average Bonchev–Trinajstić information content (AvgIpc) is 2.59. The lowest BCUT2D eigenvalue weighted by Crippen LogP contribution is -2.37. The Kier molecular flexibility index (Phi) is 7.22. The summed E-state index contributed by atoms with van der Waals surface area (Å²) < 4.78 is 5.59. The summed E-state index contributed by atoms with van der Waals surface area (Å²) >= 11 is 5.79. The standard InChI is InChI=1S/C18H20ClN3O3/c1-13-4-2-5-15(10-13)25-9-3-7-21-17(23)12-22-18(24)16-11-14(19)6-8-20-16/h2,4-6,8,10-11H,3,7,9,12H2,1H3,(H,21,23)(H,22,24). The first kappa shape index (κ1) is 18.7. The molecule has 2 amide bonds. The second-order valence-electron chi connectivity index (χ2n) is 5.41. The zero-order valence-electron chi connectivity index (χ0n) is 13.9. The van der Waals surface area contributed by atoms with Gasteiger partial charge in [0.15, 0.2) is 0 Å². The molecule has 0 bridgehead atoms. The van der Waals surface area contributed by atoms with E-state index in [9.17, 15) is 9.59 Å². The number of aryl methyl sites for hydroxylation is 1. The molecule has 7 heteroatoms. The molecule has 0 fully saturated rings. The van der Waals surface area contributed by atoms with Crippen molar-refractivity contribution in [3.8, 4) is 5.75 Å². The third-order valence-corrected chi connectivity index (χ3v) is 3.50. The minimum Gasteiger partial charge on any atom is -0.494 e. The molecule has 1 aromatic carbocycles. The summed E-state index contributed by atoms with van der Waals surface area (Å²) in [4.78, 5) is 27.4. The number of halogens is 1. The zero-order valence-corrected chi connectivity index (χ0v) is 14.7. The van der Waals surface area contributed by atoms with E-state index in [4.69, 9.17) is 16.3 Å². The van der Waals surface area contributed by atoms with E-state index in [0.29, 0.717) is 24.6 Å². The predicted molar refractivity (Wildman–Crippen MR) is 95.9 cm³/mol. The second kappa shape index (κ2) is 9.64. The van der Waals surface area contributed by atoms with Gasteiger partial charge in [0, 0.05) is 17.8 Å². The molecule has 0 saturated carbocycles. The van der Waals surface area contributed by atoms with Gasteiger partial charge >= 0.3 is 0 Å². The van der Waals surface area contributed by atoms with E-state index in [2.05, 4.69) is 15.6 Å². The van der Waals surface area contributed by atoms with E-state index in [1.165, 1.54) is 12.3 Å². The van der Waals surface area contributed by atoms with Crippen LogP contribution in [0.2, 0.25) is 5.02 Å². The van der Waals surface area contributed by atoms with E-state index >= 15 is 0 Å². The molecular weight excluding hydrogens is 342 g/mol. The van der Waals surface area contributed by atoms with Crippen LogP contribution in [0.25, 0.3) is 0 Å². The molecule has 1 heterocycles. The van der Waals surface area contributed by atoms with Crippen LogP contribution in [0, 0.1) is 6.92 Å². The maximum Gasteiger partial charge on any atom is 0.270 e. The summed E-state index contributed by atoms with van der Waals surface area (Å²) in [5.74, 6) is 0.0963. The summed E-state index contributed by atoms with van der Waals surface area (Å²) in [5.41, 5.74) is 1.31. The van der Waals surface area contributed by atoms with Crippen molar-refractivity contribution in [2.75, 3.05) is 19.7 Å². The predicted octanol–water partition coefficient (Wildman–Crippen LogP) is 2.36. The molecule has 0 aliphatic rings. The summed E-state index contributed by atoms with van der Waals surface area (Å²) in [6, 6.07) is 10.8. The third kappa shape index (κ3) is 6.81. The third-order valence-electron chi connectivity index (χ3n) is 3.27. The maximum atomic E-state index is 11.8. The van der Waals surface area contributed by atoms with Gasteiger partial charge in [0.1, 0.15) is 11.4 Å². The second-order valence-corrected chi connectivity index (χ2v) is 5.85. The van der Waals surface area contributed by atoms with Crippen molar-refractivity contribution in [3.05, 3.63) is 58.9 Å². The van der Waals surface area contributed by atoms with Crippen molar-refractivity contribution < 1.29 is 14.3 Å². The first-order valence-electron chi connectivity index (χ1n) is 7.90. The summed E-state index contributed by atoms with van der Waals surface area (Å²) in [5, 5.41) is 5.63. The highest BCUT2D eigenvalue weighted by molar-refractivity contribution is 6.30. The van der Waals surface area contributed by atoms with Crippen LogP contribution >= 0.6 is 11.6 Å². The van der Waals surface area contributed by atoms with Crippen LogP contribution in [0.1, 0.15) is 22.5 Å². The van der Waals surface area contributed by atoms with Gasteiger partial charge in [0.2, 0.25) is 5.91 Å². The molecule has 1 aromatic heterocycles. The molecule has 2 rings (SSSR count). The van der Waals surface area contributed by atoms with Crippen molar-refractivity contribution in [2.45, 2.75) is 13.3 Å². The van der Waals surface area contributed by atoms with Gasteiger partial charge in [-0.25, -0.2) is 0 Å². The quantitative estimate of drug-likeness (QED) is 0.707. The highest BCUT2D eigenvalue weighted by atomic mass is 35.5. The molecule has 25 heavy (non-hydrogen) atoms. The summed E-state index contributed by atoms with van der Waals surface area (Å²) in [7, 11) is 0. The van der Waals surface area contributed by atoms with Crippen molar-refractivity contribution >= 4 is 23.4 Å². The first-order valence-corrected chi connectivity index (χ1v) is 8.28. The van der Waals surface area contributed by atoms with Gasteiger partial charge in [-0.15, -0.1) is 0 Å². The molecule has 0 aliphatic carbocycles. The smallest absolute Gasteiger partial charge is 0.270 e. The molecule has 6 nitrogen and oxygen atoms in total. The van der Waals surface area contributed by atoms with E-state index in [1.807, 2.05) is 31.2 Å². The van der Waals surface area contributed by atoms with Gasteiger partial charge in [-0.3, -0.25) is 14.6 Å². The zero-order chi connectivity index (χ0) is 18.1. The van der Waals surface area contributed by atoms with Crippen LogP contribution in [-0.2, 0) is 4.79 Å². The minimum atomic E-state index is -0.444. The molecule has 0 aliphatic heterocycles. The Hall–Kier alpha value is -2.60. The lowest BCUT2D eigenvalue weighted by molar-refractivity contribution is -0.120. The number of nitrogens with zero attached hydrogens (tertiary/aromatic N) is 1. The van der Waals surface area contributed by atoms with E-state index in [0.717, 1.165) is 11.3 Å². The fourth-order valence-electron chi connectivity index (χ4n) is 2.04. The van der Waals surface area contributed by atoms with Gasteiger partial charge in [-0.1, -0.05) is 23.7 Å². The number of carbonyl (C=O) groups is 2. The topological polar surface area (TPSA) is 80.3 Å². The van der Waals surface area contributed by atoms with Crippen LogP contribution in [0.15, 0.2) is 42.6 Å². The van der Waals surface area contributed by atoms with Crippen molar-refractivity contribution in [2.24, 2.45) is 0 Å². The number of hydrogen-bond acceptors (Lipinski definition) is 4. The molecule has 2 aromatic rings. The van der Waals surface area contributed by atoms with Crippen molar-refractivity contribution in [1.82, 2.24) is 15.6 Å². The van der Waals surface area contributed by atoms with Gasteiger partial charge in [0.25, 0.3) is 5.91 Å². The number of amides is 2. The van der Waals surface area contributed by atoms with E-state index in [-0.39, 0.29) is 18.1 Å². The Bertz CT molecular complexity index is 737. The highest BCUT2D eigenvalue weighted by Gasteiger charge is 2.09. The SMILES string of the molecule is Cc1cccc(OCCCNC(=O)CNC(=O)c2cc(Cl)ccn2)c1. The van der Waals surface area contributed by atoms with Gasteiger partial charge < -0.3 is 15.4 Å². The Labute approximate surface area is 151 Å². The molecule has 132 valence electrons. The van der Waals surface area contributed by atoms with Gasteiger partial charge in [-0.05, 0) is 43.2 Å². The Morgan fingerprint density at radius 2 is 2.04 bits per heavy atom. The lowest BCUT2D eigenvalue weighted by Gasteiger charge is -2.08. The van der Waals surface area contributed by atoms with Crippen LogP contribution in [0.4, 0.5) is 0 Å².